The Kier molecular flexibility index (Phi) is 15.3. The third-order valence-electron chi connectivity index (χ3n) is 9.25. The Bertz CT molecular complexity index is 1730. The second-order valence-corrected chi connectivity index (χ2v) is 12.8. The van der Waals surface area contributed by atoms with E-state index in [9.17, 15) is 0 Å². The standard InChI is InChI=1S/C47H55NO4/c1-6-37-10-20-42(21-11-37)47(43-22-12-38(7-2)13-23-43)34-41-18-28-46(29-19-41)48(44-24-14-39(15-25-44)30-32-50-35-49-8-3)45-26-16-40(17-27-45)31-33-52-36(5)51-9-4/h10-29,34,36H,6-9,30-33,35H2,1-5H3. The Balaban J connectivity index is 1.43. The summed E-state index contributed by atoms with van der Waals surface area (Å²) in [4.78, 5) is 2.31. The molecule has 1 unspecified atom stereocenters. The molecule has 0 radical (unpaired) electrons. The number of nitrogens with zero attached hydrogens (tertiary/aromatic N) is 1. The highest BCUT2D eigenvalue weighted by Crippen LogP contribution is 2.36. The zero-order chi connectivity index (χ0) is 36.5. The van der Waals surface area contributed by atoms with Crippen LogP contribution in [0, 0.1) is 0 Å². The van der Waals surface area contributed by atoms with Crippen LogP contribution in [0.5, 0.6) is 0 Å². The molecule has 0 aliphatic heterocycles. The van der Waals surface area contributed by atoms with Crippen molar-refractivity contribution >= 4 is 28.7 Å². The number of ether oxygens (including phenoxy) is 4. The Hall–Kier alpha value is -4.52. The van der Waals surface area contributed by atoms with E-state index in [2.05, 4.69) is 146 Å². The first-order chi connectivity index (χ1) is 25.5. The van der Waals surface area contributed by atoms with Gasteiger partial charge in [-0.1, -0.05) is 98.8 Å². The highest BCUT2D eigenvalue weighted by atomic mass is 16.7. The zero-order valence-corrected chi connectivity index (χ0v) is 31.6. The lowest BCUT2D eigenvalue weighted by molar-refractivity contribution is -0.126. The minimum absolute atomic E-state index is 0.198. The number of hydrogen-bond acceptors (Lipinski definition) is 5. The predicted octanol–water partition coefficient (Wildman–Crippen LogP) is 11.4. The summed E-state index contributed by atoms with van der Waals surface area (Å²) in [7, 11) is 0. The van der Waals surface area contributed by atoms with Crippen LogP contribution in [-0.4, -0.2) is 39.5 Å². The largest absolute Gasteiger partial charge is 0.356 e. The molecule has 0 saturated heterocycles. The van der Waals surface area contributed by atoms with E-state index in [1.807, 2.05) is 20.8 Å². The summed E-state index contributed by atoms with van der Waals surface area (Å²) in [6.07, 6.45) is 5.82. The second-order valence-electron chi connectivity index (χ2n) is 12.8. The first kappa shape index (κ1) is 38.7. The third kappa shape index (κ3) is 11.2. The molecule has 0 saturated carbocycles. The van der Waals surface area contributed by atoms with Gasteiger partial charge in [-0.2, -0.15) is 0 Å². The van der Waals surface area contributed by atoms with Crippen LogP contribution in [0.25, 0.3) is 11.6 Å². The fourth-order valence-electron chi connectivity index (χ4n) is 6.15. The highest BCUT2D eigenvalue weighted by molar-refractivity contribution is 5.92. The SMILES string of the molecule is CCOCOCCc1ccc(N(c2ccc(C=C(c3ccc(CC)cc3)c3ccc(CC)cc3)cc2)c2ccc(CCOC(C)OCC)cc2)cc1. The molecule has 5 aromatic rings. The van der Waals surface area contributed by atoms with Crippen molar-refractivity contribution in [1.82, 2.24) is 0 Å². The maximum Gasteiger partial charge on any atom is 0.154 e. The molecule has 0 fully saturated rings. The quantitative estimate of drug-likeness (QED) is 0.0460. The van der Waals surface area contributed by atoms with Gasteiger partial charge in [-0.05, 0) is 133 Å². The van der Waals surface area contributed by atoms with Crippen molar-refractivity contribution < 1.29 is 18.9 Å². The van der Waals surface area contributed by atoms with Gasteiger partial charge < -0.3 is 23.8 Å². The van der Waals surface area contributed by atoms with Gasteiger partial charge in [0.25, 0.3) is 0 Å². The van der Waals surface area contributed by atoms with E-state index in [0.29, 0.717) is 33.2 Å². The molecule has 0 heterocycles. The Morgan fingerprint density at radius 3 is 1.44 bits per heavy atom. The van der Waals surface area contributed by atoms with E-state index >= 15 is 0 Å². The molecule has 5 rings (SSSR count). The van der Waals surface area contributed by atoms with E-state index in [1.54, 1.807) is 0 Å². The van der Waals surface area contributed by atoms with Crippen LogP contribution in [0.4, 0.5) is 17.1 Å². The van der Waals surface area contributed by atoms with Gasteiger partial charge in [-0.3, -0.25) is 0 Å². The lowest BCUT2D eigenvalue weighted by Gasteiger charge is -2.26. The molecule has 5 nitrogen and oxygen atoms in total. The summed E-state index contributed by atoms with van der Waals surface area (Å²) < 4.78 is 22.3. The minimum atomic E-state index is -0.198. The minimum Gasteiger partial charge on any atom is -0.356 e. The van der Waals surface area contributed by atoms with Gasteiger partial charge in [-0.15, -0.1) is 0 Å². The van der Waals surface area contributed by atoms with E-state index in [0.717, 1.165) is 48.3 Å². The third-order valence-corrected chi connectivity index (χ3v) is 9.25. The number of aryl methyl sites for hydroxylation is 2. The molecule has 0 N–H and O–H groups in total. The lowest BCUT2D eigenvalue weighted by atomic mass is 9.93. The fraction of sp³-hybridized carbons (Fsp3) is 0.319. The molecular weight excluding hydrogens is 643 g/mol. The topological polar surface area (TPSA) is 40.2 Å². The summed E-state index contributed by atoms with van der Waals surface area (Å²) in [6, 6.07) is 44.4. The maximum atomic E-state index is 5.82. The molecule has 1 atom stereocenters. The summed E-state index contributed by atoms with van der Waals surface area (Å²) in [5, 5.41) is 0. The van der Waals surface area contributed by atoms with Gasteiger partial charge in [0.15, 0.2) is 6.29 Å². The van der Waals surface area contributed by atoms with Crippen molar-refractivity contribution in [2.24, 2.45) is 0 Å². The zero-order valence-electron chi connectivity index (χ0n) is 31.6. The van der Waals surface area contributed by atoms with Crippen molar-refractivity contribution in [3.8, 4) is 0 Å². The maximum absolute atomic E-state index is 5.82. The molecule has 0 amide bonds. The Morgan fingerprint density at radius 2 is 0.981 bits per heavy atom. The van der Waals surface area contributed by atoms with Crippen molar-refractivity contribution in [3.05, 3.63) is 160 Å². The number of rotatable bonds is 20. The van der Waals surface area contributed by atoms with Crippen molar-refractivity contribution in [2.45, 2.75) is 66.6 Å². The Morgan fingerprint density at radius 1 is 0.519 bits per heavy atom. The summed E-state index contributed by atoms with van der Waals surface area (Å²) in [5.41, 5.74) is 13.2. The monoisotopic (exact) mass is 697 g/mol. The van der Waals surface area contributed by atoms with Gasteiger partial charge in [0.1, 0.15) is 6.79 Å². The molecule has 0 spiro atoms. The predicted molar refractivity (Wildman–Crippen MR) is 217 cm³/mol. The molecule has 272 valence electrons. The second kappa shape index (κ2) is 20.5. The Labute approximate surface area is 311 Å². The first-order valence-corrected chi connectivity index (χ1v) is 18.9. The molecule has 5 heteroatoms. The van der Waals surface area contributed by atoms with Crippen LogP contribution >= 0.6 is 0 Å². The van der Waals surface area contributed by atoms with Gasteiger partial charge >= 0.3 is 0 Å². The van der Waals surface area contributed by atoms with Crippen LogP contribution in [0.1, 0.15) is 73.6 Å². The van der Waals surface area contributed by atoms with Crippen molar-refractivity contribution in [1.29, 1.82) is 0 Å². The summed E-state index contributed by atoms with van der Waals surface area (Å²) in [5.74, 6) is 0. The van der Waals surface area contributed by atoms with E-state index in [-0.39, 0.29) is 6.29 Å². The fourth-order valence-corrected chi connectivity index (χ4v) is 6.15. The number of anilines is 3. The van der Waals surface area contributed by atoms with Crippen LogP contribution in [0.15, 0.2) is 121 Å². The van der Waals surface area contributed by atoms with Crippen LogP contribution in [0.2, 0.25) is 0 Å². The average molecular weight is 698 g/mol. The van der Waals surface area contributed by atoms with Gasteiger partial charge in [-0.25, -0.2) is 0 Å². The number of hydrogen-bond donors (Lipinski definition) is 0. The normalized spacial score (nSPS) is 11.7. The van der Waals surface area contributed by atoms with Crippen molar-refractivity contribution in [3.63, 3.8) is 0 Å². The molecule has 0 aromatic heterocycles. The summed E-state index contributed by atoms with van der Waals surface area (Å²) >= 11 is 0. The molecular formula is C47H55NO4. The van der Waals surface area contributed by atoms with Crippen molar-refractivity contribution in [2.75, 3.05) is 38.1 Å². The molecule has 0 aliphatic rings. The van der Waals surface area contributed by atoms with E-state index < -0.39 is 0 Å². The average Bonchev–Trinajstić information content (AvgIpc) is 3.19. The van der Waals surface area contributed by atoms with E-state index in [1.165, 1.54) is 39.0 Å². The smallest absolute Gasteiger partial charge is 0.154 e. The summed E-state index contributed by atoms with van der Waals surface area (Å²) in [6.45, 7) is 13.2. The number of benzene rings is 5. The van der Waals surface area contributed by atoms with Crippen LogP contribution < -0.4 is 4.90 Å². The van der Waals surface area contributed by atoms with Gasteiger partial charge in [0, 0.05) is 30.3 Å². The van der Waals surface area contributed by atoms with Crippen LogP contribution in [-0.2, 0) is 44.6 Å². The molecule has 0 aliphatic carbocycles. The molecule has 52 heavy (non-hydrogen) atoms. The molecule has 5 aromatic carbocycles. The van der Waals surface area contributed by atoms with Gasteiger partial charge in [0.2, 0.25) is 0 Å². The lowest BCUT2D eigenvalue weighted by Crippen LogP contribution is -2.14. The molecule has 0 bridgehead atoms. The van der Waals surface area contributed by atoms with Gasteiger partial charge in [0.05, 0.1) is 13.2 Å². The highest BCUT2D eigenvalue weighted by Gasteiger charge is 2.14. The van der Waals surface area contributed by atoms with E-state index in [4.69, 9.17) is 18.9 Å². The van der Waals surface area contributed by atoms with Crippen LogP contribution in [0.3, 0.4) is 0 Å². The first-order valence-electron chi connectivity index (χ1n) is 18.9.